The number of nitrogens with one attached hydrogen (secondary N) is 2. The van der Waals surface area contributed by atoms with Crippen LogP contribution in [0.1, 0.15) is 15.9 Å². The van der Waals surface area contributed by atoms with Gasteiger partial charge in [-0.25, -0.2) is 14.3 Å². The van der Waals surface area contributed by atoms with E-state index in [0.717, 1.165) is 11.0 Å². The molecule has 10 heteroatoms. The fourth-order valence-corrected chi connectivity index (χ4v) is 1.75. The van der Waals surface area contributed by atoms with Crippen molar-refractivity contribution in [2.75, 3.05) is 5.32 Å². The maximum absolute atomic E-state index is 11.8. The molecule has 0 radical (unpaired) electrons. The SMILES string of the molecule is O=C(O)Cn1ncnc1NC(=O)NCc1cccc(C(=O)O)c1. The van der Waals surface area contributed by atoms with Gasteiger partial charge in [0.1, 0.15) is 12.9 Å². The number of hydrogen-bond donors (Lipinski definition) is 4. The summed E-state index contributed by atoms with van der Waals surface area (Å²) < 4.78 is 1.02. The van der Waals surface area contributed by atoms with E-state index >= 15 is 0 Å². The van der Waals surface area contributed by atoms with Crippen LogP contribution in [0.5, 0.6) is 0 Å². The van der Waals surface area contributed by atoms with Crippen molar-refractivity contribution < 1.29 is 24.6 Å². The molecule has 2 amide bonds. The highest BCUT2D eigenvalue weighted by molar-refractivity contribution is 5.88. The Morgan fingerprint density at radius 3 is 2.70 bits per heavy atom. The Balaban J connectivity index is 1.93. The van der Waals surface area contributed by atoms with Gasteiger partial charge in [0.15, 0.2) is 0 Å². The molecule has 0 saturated carbocycles. The molecule has 23 heavy (non-hydrogen) atoms. The number of aliphatic carboxylic acids is 1. The molecule has 1 heterocycles. The number of anilines is 1. The number of carboxylic acids is 2. The Kier molecular flexibility index (Phi) is 4.87. The van der Waals surface area contributed by atoms with Crippen LogP contribution in [0.2, 0.25) is 0 Å². The number of amides is 2. The number of aromatic carboxylic acids is 1. The molecule has 2 aromatic rings. The van der Waals surface area contributed by atoms with Crippen molar-refractivity contribution in [2.45, 2.75) is 13.1 Å². The highest BCUT2D eigenvalue weighted by atomic mass is 16.4. The first-order valence-corrected chi connectivity index (χ1v) is 6.42. The molecular weight excluding hydrogens is 306 g/mol. The molecule has 0 aliphatic carbocycles. The van der Waals surface area contributed by atoms with Gasteiger partial charge in [0.2, 0.25) is 5.95 Å². The Hall–Kier alpha value is -3.43. The number of nitrogens with zero attached hydrogens (tertiary/aromatic N) is 3. The molecule has 1 aromatic carbocycles. The van der Waals surface area contributed by atoms with Gasteiger partial charge in [-0.3, -0.25) is 10.1 Å². The molecule has 0 saturated heterocycles. The van der Waals surface area contributed by atoms with Crippen LogP contribution < -0.4 is 10.6 Å². The van der Waals surface area contributed by atoms with Crippen molar-refractivity contribution in [3.8, 4) is 0 Å². The van der Waals surface area contributed by atoms with E-state index in [1.807, 2.05) is 0 Å². The van der Waals surface area contributed by atoms with Gasteiger partial charge in [0.05, 0.1) is 5.56 Å². The number of benzene rings is 1. The van der Waals surface area contributed by atoms with E-state index in [9.17, 15) is 14.4 Å². The Morgan fingerprint density at radius 1 is 1.22 bits per heavy atom. The second-order valence-corrected chi connectivity index (χ2v) is 4.45. The van der Waals surface area contributed by atoms with Gasteiger partial charge in [0.25, 0.3) is 0 Å². The Morgan fingerprint density at radius 2 is 2.00 bits per heavy atom. The van der Waals surface area contributed by atoms with Crippen LogP contribution in [-0.4, -0.2) is 42.9 Å². The summed E-state index contributed by atoms with van der Waals surface area (Å²) in [6.45, 7) is -0.337. The van der Waals surface area contributed by atoms with Crippen molar-refractivity contribution in [3.63, 3.8) is 0 Å². The number of rotatable bonds is 6. The summed E-state index contributed by atoms with van der Waals surface area (Å²) >= 11 is 0. The quantitative estimate of drug-likeness (QED) is 0.602. The molecule has 1 aromatic heterocycles. The van der Waals surface area contributed by atoms with E-state index in [1.54, 1.807) is 12.1 Å². The van der Waals surface area contributed by atoms with E-state index in [-0.39, 0.29) is 18.1 Å². The summed E-state index contributed by atoms with van der Waals surface area (Å²) in [5, 5.41) is 26.1. The lowest BCUT2D eigenvalue weighted by Gasteiger charge is -2.08. The summed E-state index contributed by atoms with van der Waals surface area (Å²) in [5.74, 6) is -2.19. The maximum Gasteiger partial charge on any atom is 0.335 e. The predicted octanol–water partition coefficient (Wildman–Crippen LogP) is 0.383. The molecule has 0 atom stereocenters. The van der Waals surface area contributed by atoms with E-state index in [2.05, 4.69) is 20.7 Å². The van der Waals surface area contributed by atoms with Crippen LogP contribution in [0.4, 0.5) is 10.7 Å². The third-order valence-electron chi connectivity index (χ3n) is 2.75. The minimum Gasteiger partial charge on any atom is -0.480 e. The molecule has 0 aliphatic heterocycles. The van der Waals surface area contributed by atoms with Crippen LogP contribution in [0.3, 0.4) is 0 Å². The number of carbonyl (C=O) groups excluding carboxylic acids is 1. The smallest absolute Gasteiger partial charge is 0.335 e. The van der Waals surface area contributed by atoms with Gasteiger partial charge in [-0.2, -0.15) is 10.1 Å². The van der Waals surface area contributed by atoms with Crippen molar-refractivity contribution in [1.82, 2.24) is 20.1 Å². The predicted molar refractivity (Wildman–Crippen MR) is 76.9 cm³/mol. The molecule has 0 fully saturated rings. The average molecular weight is 319 g/mol. The maximum atomic E-state index is 11.8. The molecule has 2 rings (SSSR count). The fraction of sp³-hybridized carbons (Fsp3) is 0.154. The van der Waals surface area contributed by atoms with Crippen LogP contribution in [0, 0.1) is 0 Å². The zero-order valence-corrected chi connectivity index (χ0v) is 11.8. The summed E-state index contributed by atoms with van der Waals surface area (Å²) in [7, 11) is 0. The largest absolute Gasteiger partial charge is 0.480 e. The van der Waals surface area contributed by atoms with Crippen LogP contribution >= 0.6 is 0 Å². The minimum absolute atomic E-state index is 0.0100. The highest BCUT2D eigenvalue weighted by Gasteiger charge is 2.11. The van der Waals surface area contributed by atoms with Crippen molar-refractivity contribution in [3.05, 3.63) is 41.7 Å². The number of carbonyl (C=O) groups is 3. The summed E-state index contributed by atoms with van der Waals surface area (Å²) in [5.41, 5.74) is 0.720. The van der Waals surface area contributed by atoms with Gasteiger partial charge in [-0.15, -0.1) is 0 Å². The number of aromatic nitrogens is 3. The van der Waals surface area contributed by atoms with E-state index in [1.165, 1.54) is 12.1 Å². The third kappa shape index (κ3) is 4.52. The lowest BCUT2D eigenvalue weighted by Crippen LogP contribution is -2.30. The molecule has 0 bridgehead atoms. The van der Waals surface area contributed by atoms with Gasteiger partial charge < -0.3 is 15.5 Å². The summed E-state index contributed by atoms with van der Waals surface area (Å²) in [4.78, 5) is 37.0. The van der Waals surface area contributed by atoms with Crippen LogP contribution in [0.25, 0.3) is 0 Å². The number of urea groups is 1. The van der Waals surface area contributed by atoms with Crippen molar-refractivity contribution >= 4 is 23.9 Å². The number of hydrogen-bond acceptors (Lipinski definition) is 5. The van der Waals surface area contributed by atoms with Crippen LogP contribution in [-0.2, 0) is 17.9 Å². The molecule has 0 aliphatic rings. The topological polar surface area (TPSA) is 146 Å². The standard InChI is InChI=1S/C13H13N5O5/c19-10(20)6-18-12(15-7-16-18)17-13(23)14-5-8-2-1-3-9(4-8)11(21)22/h1-4,7H,5-6H2,(H,19,20)(H,21,22)(H2,14,15,16,17,23). The van der Waals surface area contributed by atoms with Gasteiger partial charge >= 0.3 is 18.0 Å². The summed E-state index contributed by atoms with van der Waals surface area (Å²) in [6.07, 6.45) is 1.12. The number of carboxylic acid groups (broad SMARTS) is 2. The van der Waals surface area contributed by atoms with Gasteiger partial charge in [-0.05, 0) is 17.7 Å². The van der Waals surface area contributed by atoms with Gasteiger partial charge in [-0.1, -0.05) is 12.1 Å². The molecule has 120 valence electrons. The first-order chi connectivity index (χ1) is 11.0. The van der Waals surface area contributed by atoms with Gasteiger partial charge in [0, 0.05) is 6.54 Å². The Bertz CT molecular complexity index is 742. The second kappa shape index (κ2) is 7.02. The monoisotopic (exact) mass is 319 g/mol. The molecule has 10 nitrogen and oxygen atoms in total. The normalized spacial score (nSPS) is 10.1. The molecule has 4 N–H and O–H groups in total. The zero-order chi connectivity index (χ0) is 16.8. The van der Waals surface area contributed by atoms with E-state index in [0.29, 0.717) is 5.56 Å². The highest BCUT2D eigenvalue weighted by Crippen LogP contribution is 2.05. The molecule has 0 spiro atoms. The molecular formula is C13H13N5O5. The Labute approximate surface area is 129 Å². The first kappa shape index (κ1) is 15.9. The van der Waals surface area contributed by atoms with Crippen molar-refractivity contribution in [2.24, 2.45) is 0 Å². The van der Waals surface area contributed by atoms with Crippen LogP contribution in [0.15, 0.2) is 30.6 Å². The summed E-state index contributed by atoms with van der Waals surface area (Å²) in [6, 6.07) is 5.50. The minimum atomic E-state index is -1.12. The first-order valence-electron chi connectivity index (χ1n) is 6.42. The zero-order valence-electron chi connectivity index (χ0n) is 11.8. The molecule has 0 unspecified atom stereocenters. The second-order valence-electron chi connectivity index (χ2n) is 4.45. The van der Waals surface area contributed by atoms with E-state index < -0.39 is 24.5 Å². The fourth-order valence-electron chi connectivity index (χ4n) is 1.75. The lowest BCUT2D eigenvalue weighted by molar-refractivity contribution is -0.137. The lowest BCUT2D eigenvalue weighted by atomic mass is 10.1. The van der Waals surface area contributed by atoms with E-state index in [4.69, 9.17) is 10.2 Å². The van der Waals surface area contributed by atoms with Crippen molar-refractivity contribution in [1.29, 1.82) is 0 Å². The third-order valence-corrected chi connectivity index (χ3v) is 2.75. The average Bonchev–Trinajstić information content (AvgIpc) is 2.91.